The first-order valence-electron chi connectivity index (χ1n) is 6.79. The van der Waals surface area contributed by atoms with E-state index in [1.54, 1.807) is 0 Å². The van der Waals surface area contributed by atoms with Crippen molar-refractivity contribution in [3.05, 3.63) is 59.2 Å². The van der Waals surface area contributed by atoms with Crippen molar-refractivity contribution in [1.29, 1.82) is 0 Å². The number of fused-ring (bicyclic) bond motifs is 5. The molecule has 0 spiro atoms. The molecule has 1 aliphatic rings. The summed E-state index contributed by atoms with van der Waals surface area (Å²) >= 11 is 3.49. The van der Waals surface area contributed by atoms with Gasteiger partial charge in [-0.2, -0.15) is 0 Å². The van der Waals surface area contributed by atoms with Gasteiger partial charge in [-0.25, -0.2) is 0 Å². The van der Waals surface area contributed by atoms with Gasteiger partial charge >= 0.3 is 0 Å². The van der Waals surface area contributed by atoms with Crippen molar-refractivity contribution in [2.45, 2.75) is 18.2 Å². The SMILES string of the molecule is Cc1cc2c(c3ccc4ccccc4c13)CC(Br)C2=O. The van der Waals surface area contributed by atoms with Crippen LogP contribution < -0.4 is 0 Å². The van der Waals surface area contributed by atoms with Crippen molar-refractivity contribution in [3.8, 4) is 0 Å². The van der Waals surface area contributed by atoms with Crippen molar-refractivity contribution >= 4 is 43.3 Å². The number of carbonyl (C=O) groups is 1. The van der Waals surface area contributed by atoms with Gasteiger partial charge in [0.2, 0.25) is 0 Å². The highest BCUT2D eigenvalue weighted by Crippen LogP contribution is 2.37. The van der Waals surface area contributed by atoms with Gasteiger partial charge in [0.1, 0.15) is 0 Å². The number of halogens is 1. The molecule has 1 aliphatic carbocycles. The van der Waals surface area contributed by atoms with Crippen LogP contribution in [0.4, 0.5) is 0 Å². The molecule has 0 heterocycles. The topological polar surface area (TPSA) is 17.1 Å². The van der Waals surface area contributed by atoms with Gasteiger partial charge in [0.25, 0.3) is 0 Å². The zero-order chi connectivity index (χ0) is 13.9. The lowest BCUT2D eigenvalue weighted by Gasteiger charge is -2.11. The molecule has 0 aliphatic heterocycles. The predicted octanol–water partition coefficient (Wildman–Crippen LogP) is 4.80. The van der Waals surface area contributed by atoms with Crippen molar-refractivity contribution in [3.63, 3.8) is 0 Å². The minimum absolute atomic E-state index is 0.0611. The summed E-state index contributed by atoms with van der Waals surface area (Å²) < 4.78 is 0. The summed E-state index contributed by atoms with van der Waals surface area (Å²) in [6, 6.07) is 14.8. The molecule has 4 rings (SSSR count). The van der Waals surface area contributed by atoms with E-state index in [1.807, 2.05) is 0 Å². The van der Waals surface area contributed by atoms with Gasteiger partial charge in [0.05, 0.1) is 4.83 Å². The predicted molar refractivity (Wildman–Crippen MR) is 86.9 cm³/mol. The maximum Gasteiger partial charge on any atom is 0.177 e. The molecule has 20 heavy (non-hydrogen) atoms. The first kappa shape index (κ1) is 12.1. The lowest BCUT2D eigenvalue weighted by atomic mass is 9.92. The number of rotatable bonds is 0. The molecule has 0 bridgehead atoms. The lowest BCUT2D eigenvalue weighted by Crippen LogP contribution is -2.06. The van der Waals surface area contributed by atoms with E-state index in [9.17, 15) is 4.79 Å². The third kappa shape index (κ3) is 1.52. The maximum absolute atomic E-state index is 12.2. The highest BCUT2D eigenvalue weighted by Gasteiger charge is 2.30. The number of hydrogen-bond acceptors (Lipinski definition) is 1. The first-order valence-corrected chi connectivity index (χ1v) is 7.70. The molecule has 0 amide bonds. The average Bonchev–Trinajstić information content (AvgIpc) is 2.75. The van der Waals surface area contributed by atoms with Gasteiger partial charge in [-0.05, 0) is 52.1 Å². The Kier molecular flexibility index (Phi) is 2.52. The minimum atomic E-state index is -0.0611. The maximum atomic E-state index is 12.2. The molecule has 0 fully saturated rings. The number of hydrogen-bond donors (Lipinski definition) is 0. The molecule has 0 aromatic heterocycles. The highest BCUT2D eigenvalue weighted by molar-refractivity contribution is 9.10. The molecule has 0 saturated heterocycles. The second-order valence-electron chi connectivity index (χ2n) is 5.46. The molecule has 1 unspecified atom stereocenters. The normalized spacial score (nSPS) is 17.9. The van der Waals surface area contributed by atoms with Crippen molar-refractivity contribution < 1.29 is 4.79 Å². The Bertz CT molecular complexity index is 879. The largest absolute Gasteiger partial charge is 0.293 e. The molecule has 0 N–H and O–H groups in total. The van der Waals surface area contributed by atoms with Crippen molar-refractivity contribution in [1.82, 2.24) is 0 Å². The number of Topliss-reactive ketones (excluding diaryl/α,β-unsaturated/α-hetero) is 1. The van der Waals surface area contributed by atoms with Gasteiger partial charge in [-0.15, -0.1) is 0 Å². The van der Waals surface area contributed by atoms with Crippen LogP contribution in [0.5, 0.6) is 0 Å². The van der Waals surface area contributed by atoms with E-state index in [1.165, 1.54) is 32.7 Å². The fraction of sp³-hybridized carbons (Fsp3) is 0.167. The van der Waals surface area contributed by atoms with Crippen molar-refractivity contribution in [2.75, 3.05) is 0 Å². The number of ketones is 1. The number of alkyl halides is 1. The summed E-state index contributed by atoms with van der Waals surface area (Å²) in [5.41, 5.74) is 3.28. The van der Waals surface area contributed by atoms with E-state index < -0.39 is 0 Å². The van der Waals surface area contributed by atoms with Gasteiger partial charge in [0, 0.05) is 5.56 Å². The molecule has 1 atom stereocenters. The van der Waals surface area contributed by atoms with Crippen LogP contribution in [0, 0.1) is 6.92 Å². The Morgan fingerprint density at radius 1 is 1.10 bits per heavy atom. The number of aryl methyl sites for hydroxylation is 1. The molecule has 3 aromatic rings. The molecule has 1 nitrogen and oxygen atoms in total. The van der Waals surface area contributed by atoms with E-state index in [0.717, 1.165) is 12.0 Å². The zero-order valence-corrected chi connectivity index (χ0v) is 12.7. The summed E-state index contributed by atoms with van der Waals surface area (Å²) in [5, 5.41) is 5.05. The number of carbonyl (C=O) groups excluding carboxylic acids is 1. The molecule has 98 valence electrons. The summed E-state index contributed by atoms with van der Waals surface area (Å²) in [5.74, 6) is 0.221. The third-order valence-electron chi connectivity index (χ3n) is 4.27. The second kappa shape index (κ2) is 4.16. The Labute approximate surface area is 125 Å². The first-order chi connectivity index (χ1) is 9.66. The van der Waals surface area contributed by atoms with Gasteiger partial charge < -0.3 is 0 Å². The quantitative estimate of drug-likeness (QED) is 0.428. The Morgan fingerprint density at radius 2 is 1.90 bits per heavy atom. The molecular formula is C18H13BrO. The Morgan fingerprint density at radius 3 is 2.75 bits per heavy atom. The fourth-order valence-electron chi connectivity index (χ4n) is 3.35. The smallest absolute Gasteiger partial charge is 0.177 e. The third-order valence-corrected chi connectivity index (χ3v) is 5.01. The standard InChI is InChI=1S/C18H13BrO/c1-10-8-15-14(9-16(19)18(15)20)13-7-6-11-4-2-3-5-12(11)17(10)13/h2-8,16H,9H2,1H3. The zero-order valence-electron chi connectivity index (χ0n) is 11.1. The molecule has 0 radical (unpaired) electrons. The van der Waals surface area contributed by atoms with Crippen LogP contribution in [0.15, 0.2) is 42.5 Å². The molecule has 2 heteroatoms. The summed E-state index contributed by atoms with van der Waals surface area (Å²) in [4.78, 5) is 12.1. The molecule has 3 aromatic carbocycles. The monoisotopic (exact) mass is 324 g/mol. The molecular weight excluding hydrogens is 312 g/mol. The van der Waals surface area contributed by atoms with Crippen LogP contribution in [-0.4, -0.2) is 10.6 Å². The van der Waals surface area contributed by atoms with Crippen LogP contribution in [0.1, 0.15) is 21.5 Å². The highest BCUT2D eigenvalue weighted by atomic mass is 79.9. The molecule has 0 saturated carbocycles. The lowest BCUT2D eigenvalue weighted by molar-refractivity contribution is 0.100. The number of benzene rings is 3. The minimum Gasteiger partial charge on any atom is -0.293 e. The van der Waals surface area contributed by atoms with Crippen LogP contribution >= 0.6 is 15.9 Å². The van der Waals surface area contributed by atoms with Gasteiger partial charge in [-0.3, -0.25) is 4.79 Å². The van der Waals surface area contributed by atoms with E-state index in [2.05, 4.69) is 65.3 Å². The van der Waals surface area contributed by atoms with E-state index in [4.69, 9.17) is 0 Å². The summed E-state index contributed by atoms with van der Waals surface area (Å²) in [6.45, 7) is 2.10. The fourth-order valence-corrected chi connectivity index (χ4v) is 3.92. The summed E-state index contributed by atoms with van der Waals surface area (Å²) in [6.07, 6.45) is 0.795. The average molecular weight is 325 g/mol. The van der Waals surface area contributed by atoms with E-state index >= 15 is 0 Å². The van der Waals surface area contributed by atoms with Gasteiger partial charge in [0.15, 0.2) is 5.78 Å². The van der Waals surface area contributed by atoms with E-state index in [-0.39, 0.29) is 10.6 Å². The summed E-state index contributed by atoms with van der Waals surface area (Å²) in [7, 11) is 0. The van der Waals surface area contributed by atoms with Crippen LogP contribution in [0.25, 0.3) is 21.5 Å². The van der Waals surface area contributed by atoms with Crippen LogP contribution in [0.2, 0.25) is 0 Å². The van der Waals surface area contributed by atoms with Gasteiger partial charge in [-0.1, -0.05) is 52.3 Å². The second-order valence-corrected chi connectivity index (χ2v) is 6.57. The van der Waals surface area contributed by atoms with Crippen LogP contribution in [0.3, 0.4) is 0 Å². The Hall–Kier alpha value is -1.67. The van der Waals surface area contributed by atoms with Crippen molar-refractivity contribution in [2.24, 2.45) is 0 Å². The van der Waals surface area contributed by atoms with E-state index in [0.29, 0.717) is 0 Å². The van der Waals surface area contributed by atoms with Crippen LogP contribution in [-0.2, 0) is 6.42 Å². The Balaban J connectivity index is 2.21.